The number of nitrogens with one attached hydrogen (secondary N) is 1. The first kappa shape index (κ1) is 23.8. The van der Waals surface area contributed by atoms with Gasteiger partial charge in [0.1, 0.15) is 5.82 Å². The molecule has 1 aliphatic rings. The highest BCUT2D eigenvalue weighted by Crippen LogP contribution is 2.20. The topological polar surface area (TPSA) is 82.6 Å². The highest BCUT2D eigenvalue weighted by molar-refractivity contribution is 7.92. The minimum atomic E-state index is -3.81. The Morgan fingerprint density at radius 3 is 2.41 bits per heavy atom. The molecule has 4 rings (SSSR count). The summed E-state index contributed by atoms with van der Waals surface area (Å²) in [6.45, 7) is 4.60. The van der Waals surface area contributed by atoms with Gasteiger partial charge in [0.05, 0.1) is 4.90 Å². The standard InChI is InChI=1S/C26H30N4O3S/c1-2-3-7-21-11-13-23(14-12-21)28-34(32,33)24-9-6-8-22(20-24)26(31)30-18-16-29(17-19-30)25-10-4-5-15-27-25/h4-6,8-15,20,28H,2-3,7,16-19H2,1H3. The molecule has 2 heterocycles. The Morgan fingerprint density at radius 1 is 0.971 bits per heavy atom. The van der Waals surface area contributed by atoms with Crippen LogP contribution < -0.4 is 9.62 Å². The largest absolute Gasteiger partial charge is 0.353 e. The Kier molecular flexibility index (Phi) is 7.47. The number of carbonyl (C=O) groups is 1. The highest BCUT2D eigenvalue weighted by Gasteiger charge is 2.24. The smallest absolute Gasteiger partial charge is 0.261 e. The third-order valence-electron chi connectivity index (χ3n) is 5.96. The lowest BCUT2D eigenvalue weighted by Crippen LogP contribution is -2.49. The van der Waals surface area contributed by atoms with E-state index < -0.39 is 10.0 Å². The molecule has 1 aromatic heterocycles. The second-order valence-electron chi connectivity index (χ2n) is 8.40. The van der Waals surface area contributed by atoms with Crippen molar-refractivity contribution in [2.24, 2.45) is 0 Å². The molecule has 0 spiro atoms. The van der Waals surface area contributed by atoms with Crippen molar-refractivity contribution in [2.75, 3.05) is 35.8 Å². The number of aromatic nitrogens is 1. The van der Waals surface area contributed by atoms with Gasteiger partial charge in [-0.3, -0.25) is 9.52 Å². The Morgan fingerprint density at radius 2 is 1.74 bits per heavy atom. The van der Waals surface area contributed by atoms with Crippen LogP contribution in [-0.4, -0.2) is 50.4 Å². The lowest BCUT2D eigenvalue weighted by molar-refractivity contribution is 0.0746. The molecule has 8 heteroatoms. The van der Waals surface area contributed by atoms with E-state index in [9.17, 15) is 13.2 Å². The number of hydrogen-bond donors (Lipinski definition) is 1. The van der Waals surface area contributed by atoms with Crippen LogP contribution in [0.2, 0.25) is 0 Å². The third-order valence-corrected chi connectivity index (χ3v) is 7.34. The molecule has 2 aromatic carbocycles. The zero-order valence-corrected chi connectivity index (χ0v) is 20.2. The summed E-state index contributed by atoms with van der Waals surface area (Å²) in [5.74, 6) is 0.727. The fourth-order valence-electron chi connectivity index (χ4n) is 3.99. The van der Waals surface area contributed by atoms with Crippen LogP contribution in [0.15, 0.2) is 77.8 Å². The Balaban J connectivity index is 1.41. The maximum Gasteiger partial charge on any atom is 0.261 e. The number of hydrogen-bond acceptors (Lipinski definition) is 5. The van der Waals surface area contributed by atoms with Gasteiger partial charge in [0, 0.05) is 43.6 Å². The van der Waals surface area contributed by atoms with Gasteiger partial charge in [-0.05, 0) is 60.9 Å². The van der Waals surface area contributed by atoms with Crippen LogP contribution in [0.4, 0.5) is 11.5 Å². The summed E-state index contributed by atoms with van der Waals surface area (Å²) < 4.78 is 28.5. The molecule has 7 nitrogen and oxygen atoms in total. The van der Waals surface area contributed by atoms with E-state index in [0.29, 0.717) is 37.4 Å². The normalized spacial score (nSPS) is 14.1. The lowest BCUT2D eigenvalue weighted by Gasteiger charge is -2.35. The van der Waals surface area contributed by atoms with Gasteiger partial charge < -0.3 is 9.80 Å². The number of piperazine rings is 1. The predicted molar refractivity (Wildman–Crippen MR) is 135 cm³/mol. The Hall–Kier alpha value is -3.39. The number of sulfonamides is 1. The molecule has 1 saturated heterocycles. The van der Waals surface area contributed by atoms with Crippen molar-refractivity contribution in [3.63, 3.8) is 0 Å². The molecule has 178 valence electrons. The first-order valence-corrected chi connectivity index (χ1v) is 13.1. The van der Waals surface area contributed by atoms with Gasteiger partial charge in [-0.15, -0.1) is 0 Å². The fraction of sp³-hybridized carbons (Fsp3) is 0.308. The number of nitrogens with zero attached hydrogens (tertiary/aromatic N) is 3. The van der Waals surface area contributed by atoms with E-state index in [1.807, 2.05) is 30.3 Å². The number of benzene rings is 2. The summed E-state index contributed by atoms with van der Waals surface area (Å²) in [5.41, 5.74) is 2.05. The maximum absolute atomic E-state index is 13.1. The second kappa shape index (κ2) is 10.7. The summed E-state index contributed by atoms with van der Waals surface area (Å²) in [4.78, 5) is 21.4. The van der Waals surface area contributed by atoms with E-state index in [1.165, 1.54) is 17.7 Å². The molecule has 0 unspecified atom stereocenters. The van der Waals surface area contributed by atoms with Gasteiger partial charge in [0.2, 0.25) is 0 Å². The molecule has 3 aromatic rings. The second-order valence-corrected chi connectivity index (χ2v) is 10.1. The summed E-state index contributed by atoms with van der Waals surface area (Å²) in [6.07, 6.45) is 4.95. The SMILES string of the molecule is CCCCc1ccc(NS(=O)(=O)c2cccc(C(=O)N3CCN(c4ccccn4)CC3)c2)cc1. The van der Waals surface area contributed by atoms with Crippen LogP contribution in [0.3, 0.4) is 0 Å². The number of aryl methyl sites for hydroxylation is 1. The zero-order chi connectivity index (χ0) is 24.0. The van der Waals surface area contributed by atoms with Crippen molar-refractivity contribution in [3.8, 4) is 0 Å². The maximum atomic E-state index is 13.1. The molecule has 0 radical (unpaired) electrons. The van der Waals surface area contributed by atoms with Crippen molar-refractivity contribution >= 4 is 27.4 Å². The molecule has 34 heavy (non-hydrogen) atoms. The van der Waals surface area contributed by atoms with Crippen molar-refractivity contribution in [1.82, 2.24) is 9.88 Å². The van der Waals surface area contributed by atoms with Gasteiger partial charge in [-0.25, -0.2) is 13.4 Å². The molecule has 1 fully saturated rings. The average molecular weight is 479 g/mol. The molecular formula is C26H30N4O3S. The molecule has 1 N–H and O–H groups in total. The van der Waals surface area contributed by atoms with E-state index in [-0.39, 0.29) is 10.8 Å². The quantitative estimate of drug-likeness (QED) is 0.525. The average Bonchev–Trinajstić information content (AvgIpc) is 2.88. The summed E-state index contributed by atoms with van der Waals surface area (Å²) in [6, 6.07) is 19.4. The van der Waals surface area contributed by atoms with E-state index >= 15 is 0 Å². The summed E-state index contributed by atoms with van der Waals surface area (Å²) >= 11 is 0. The molecular weight excluding hydrogens is 448 g/mol. The molecule has 0 saturated carbocycles. The summed E-state index contributed by atoms with van der Waals surface area (Å²) in [5, 5.41) is 0. The van der Waals surface area contributed by atoms with Crippen LogP contribution in [0.5, 0.6) is 0 Å². The molecule has 1 amide bonds. The van der Waals surface area contributed by atoms with Crippen LogP contribution >= 0.6 is 0 Å². The monoisotopic (exact) mass is 478 g/mol. The summed E-state index contributed by atoms with van der Waals surface area (Å²) in [7, 11) is -3.81. The van der Waals surface area contributed by atoms with Crippen LogP contribution in [0, 0.1) is 0 Å². The van der Waals surface area contributed by atoms with Crippen molar-refractivity contribution in [1.29, 1.82) is 0 Å². The van der Waals surface area contributed by atoms with Gasteiger partial charge in [-0.2, -0.15) is 0 Å². The number of anilines is 2. The van der Waals surface area contributed by atoms with Crippen molar-refractivity contribution < 1.29 is 13.2 Å². The van der Waals surface area contributed by atoms with Crippen LogP contribution in [0.25, 0.3) is 0 Å². The predicted octanol–water partition coefficient (Wildman–Crippen LogP) is 4.19. The minimum absolute atomic E-state index is 0.0699. The molecule has 0 aliphatic carbocycles. The number of amides is 1. The van der Waals surface area contributed by atoms with Crippen molar-refractivity contribution in [2.45, 2.75) is 31.1 Å². The minimum Gasteiger partial charge on any atom is -0.353 e. The van der Waals surface area contributed by atoms with Gasteiger partial charge in [0.25, 0.3) is 15.9 Å². The molecule has 1 aliphatic heterocycles. The van der Waals surface area contributed by atoms with Crippen molar-refractivity contribution in [3.05, 3.63) is 84.1 Å². The fourth-order valence-corrected chi connectivity index (χ4v) is 5.10. The lowest BCUT2D eigenvalue weighted by atomic mass is 10.1. The number of pyridine rings is 1. The molecule has 0 bridgehead atoms. The highest BCUT2D eigenvalue weighted by atomic mass is 32.2. The van der Waals surface area contributed by atoms with E-state index in [4.69, 9.17) is 0 Å². The number of rotatable bonds is 8. The molecule has 0 atom stereocenters. The van der Waals surface area contributed by atoms with E-state index in [0.717, 1.165) is 25.1 Å². The van der Waals surface area contributed by atoms with Gasteiger partial charge >= 0.3 is 0 Å². The van der Waals surface area contributed by atoms with Crippen LogP contribution in [-0.2, 0) is 16.4 Å². The Bertz CT molecular complexity index is 1210. The van der Waals surface area contributed by atoms with E-state index in [1.54, 1.807) is 35.4 Å². The zero-order valence-electron chi connectivity index (χ0n) is 19.4. The van der Waals surface area contributed by atoms with Gasteiger partial charge in [-0.1, -0.05) is 37.6 Å². The third kappa shape index (κ3) is 5.75. The number of unbranched alkanes of at least 4 members (excludes halogenated alkanes) is 1. The van der Waals surface area contributed by atoms with E-state index in [2.05, 4.69) is 21.5 Å². The number of carbonyl (C=O) groups excluding carboxylic acids is 1. The van der Waals surface area contributed by atoms with Gasteiger partial charge in [0.15, 0.2) is 0 Å². The Labute approximate surface area is 201 Å². The first-order chi connectivity index (χ1) is 16.5. The first-order valence-electron chi connectivity index (χ1n) is 11.6. The van der Waals surface area contributed by atoms with Crippen LogP contribution in [0.1, 0.15) is 35.7 Å².